The highest BCUT2D eigenvalue weighted by atomic mass is 35.5. The normalized spacial score (nSPS) is 14.0. The monoisotopic (exact) mass is 411 g/mol. The second-order valence-electron chi connectivity index (χ2n) is 5.13. The van der Waals surface area contributed by atoms with Crippen LogP contribution in [0, 0.1) is 0 Å². The van der Waals surface area contributed by atoms with Crippen LogP contribution < -0.4 is 10.1 Å². The molecule has 24 heavy (non-hydrogen) atoms. The number of ether oxygens (including phenoxy) is 1. The van der Waals surface area contributed by atoms with Gasteiger partial charge in [0.1, 0.15) is 10.8 Å². The molecule has 3 rings (SSSR count). The molecule has 2 heterocycles. The quantitative estimate of drug-likeness (QED) is 0.808. The van der Waals surface area contributed by atoms with Crippen LogP contribution in [-0.2, 0) is 6.54 Å². The fourth-order valence-corrected chi connectivity index (χ4v) is 3.29. The molecule has 0 radical (unpaired) electrons. The number of nitrogens with zero attached hydrogens (tertiary/aromatic N) is 2. The molecule has 0 unspecified atom stereocenters. The summed E-state index contributed by atoms with van der Waals surface area (Å²) in [4.78, 5) is 7.22. The Kier molecular flexibility index (Phi) is 11.6. The summed E-state index contributed by atoms with van der Waals surface area (Å²) in [5.41, 5.74) is 2.33. The van der Waals surface area contributed by atoms with E-state index in [4.69, 9.17) is 9.72 Å². The second kappa shape index (κ2) is 11.9. The van der Waals surface area contributed by atoms with Gasteiger partial charge in [0.25, 0.3) is 0 Å². The lowest BCUT2D eigenvalue weighted by molar-refractivity contribution is 0.231. The lowest BCUT2D eigenvalue weighted by atomic mass is 10.2. The Morgan fingerprint density at radius 1 is 1.12 bits per heavy atom. The van der Waals surface area contributed by atoms with Crippen LogP contribution in [0.3, 0.4) is 0 Å². The van der Waals surface area contributed by atoms with Gasteiger partial charge in [-0.2, -0.15) is 0 Å². The van der Waals surface area contributed by atoms with Gasteiger partial charge in [-0.15, -0.1) is 48.6 Å². The van der Waals surface area contributed by atoms with Crippen molar-refractivity contribution in [3.8, 4) is 16.3 Å². The Balaban J connectivity index is 0.00000176. The molecule has 0 spiro atoms. The van der Waals surface area contributed by atoms with Crippen LogP contribution in [0.2, 0.25) is 0 Å². The lowest BCUT2D eigenvalue weighted by Gasteiger charge is -2.26. The maximum absolute atomic E-state index is 5.47. The van der Waals surface area contributed by atoms with Crippen molar-refractivity contribution in [3.63, 3.8) is 0 Å². The van der Waals surface area contributed by atoms with Crippen molar-refractivity contribution < 1.29 is 4.74 Å². The number of hydrogen-bond donors (Lipinski definition) is 1. The lowest BCUT2D eigenvalue weighted by Crippen LogP contribution is -2.42. The molecule has 2 aromatic rings. The van der Waals surface area contributed by atoms with Gasteiger partial charge in [0.15, 0.2) is 0 Å². The number of nitrogens with one attached hydrogen (secondary N) is 1. The molecule has 1 saturated heterocycles. The summed E-state index contributed by atoms with van der Waals surface area (Å²) in [6.07, 6.45) is 0. The summed E-state index contributed by atoms with van der Waals surface area (Å²) in [6.45, 7) is 8.02. The number of halogens is 3. The Labute approximate surface area is 166 Å². The Hall–Kier alpha value is -0.560. The van der Waals surface area contributed by atoms with Crippen LogP contribution in [0.4, 0.5) is 0 Å². The average Bonchev–Trinajstić information content (AvgIpc) is 2.98. The summed E-state index contributed by atoms with van der Waals surface area (Å²) < 4.78 is 5.47. The number of aromatic nitrogens is 1. The van der Waals surface area contributed by atoms with E-state index in [0.29, 0.717) is 6.61 Å². The molecule has 1 aromatic carbocycles. The molecule has 4 nitrogen and oxygen atoms in total. The Morgan fingerprint density at radius 3 is 2.42 bits per heavy atom. The Bertz CT molecular complexity index is 574. The van der Waals surface area contributed by atoms with E-state index >= 15 is 0 Å². The van der Waals surface area contributed by atoms with Crippen LogP contribution in [0.15, 0.2) is 29.6 Å². The first-order valence-electron chi connectivity index (χ1n) is 7.46. The molecule has 1 aliphatic heterocycles. The third kappa shape index (κ3) is 6.39. The zero-order chi connectivity index (χ0) is 14.5. The van der Waals surface area contributed by atoms with Crippen molar-refractivity contribution in [2.75, 3.05) is 32.8 Å². The second-order valence-corrected chi connectivity index (χ2v) is 5.99. The van der Waals surface area contributed by atoms with Crippen molar-refractivity contribution >= 4 is 48.6 Å². The Morgan fingerprint density at radius 2 is 1.79 bits per heavy atom. The fraction of sp³-hybridized carbons (Fsp3) is 0.438. The fourth-order valence-electron chi connectivity index (χ4n) is 2.47. The maximum Gasteiger partial charge on any atom is 0.123 e. The van der Waals surface area contributed by atoms with Crippen molar-refractivity contribution in [1.82, 2.24) is 15.2 Å². The topological polar surface area (TPSA) is 37.4 Å². The van der Waals surface area contributed by atoms with Gasteiger partial charge in [0.2, 0.25) is 0 Å². The van der Waals surface area contributed by atoms with Crippen LogP contribution in [-0.4, -0.2) is 42.7 Å². The highest BCUT2D eigenvalue weighted by Crippen LogP contribution is 2.26. The van der Waals surface area contributed by atoms with Gasteiger partial charge < -0.3 is 10.1 Å². The average molecular weight is 413 g/mol. The van der Waals surface area contributed by atoms with Crippen molar-refractivity contribution in [2.24, 2.45) is 0 Å². The SMILES string of the molecule is CCOc1ccc(-c2nc(CN3CCNCC3)cs2)cc1.Cl.Cl.Cl. The van der Waals surface area contributed by atoms with Crippen LogP contribution in [0.25, 0.3) is 10.6 Å². The molecule has 136 valence electrons. The largest absolute Gasteiger partial charge is 0.494 e. The minimum absolute atomic E-state index is 0. The van der Waals surface area contributed by atoms with Crippen molar-refractivity contribution in [2.45, 2.75) is 13.5 Å². The molecular weight excluding hydrogens is 389 g/mol. The van der Waals surface area contributed by atoms with E-state index < -0.39 is 0 Å². The molecular formula is C16H24Cl3N3OS. The van der Waals surface area contributed by atoms with Gasteiger partial charge in [0.05, 0.1) is 12.3 Å². The van der Waals surface area contributed by atoms with E-state index in [-0.39, 0.29) is 37.2 Å². The molecule has 1 fully saturated rings. The number of piperazine rings is 1. The van der Waals surface area contributed by atoms with Gasteiger partial charge in [-0.25, -0.2) is 4.98 Å². The standard InChI is InChI=1S/C16H21N3OS.3ClH/c1-2-20-15-5-3-13(4-6-15)16-18-14(12-21-16)11-19-9-7-17-8-10-19;;;/h3-6,12,17H,2,7-11H2,1H3;3*1H. The van der Waals surface area contributed by atoms with Crippen LogP contribution in [0.1, 0.15) is 12.6 Å². The minimum atomic E-state index is 0. The van der Waals surface area contributed by atoms with Crippen molar-refractivity contribution in [3.05, 3.63) is 35.3 Å². The van der Waals surface area contributed by atoms with E-state index in [1.165, 1.54) is 5.69 Å². The van der Waals surface area contributed by atoms with Gasteiger partial charge in [-0.1, -0.05) is 0 Å². The van der Waals surface area contributed by atoms with E-state index in [1.807, 2.05) is 19.1 Å². The molecule has 0 saturated carbocycles. The highest BCUT2D eigenvalue weighted by molar-refractivity contribution is 7.13. The first kappa shape index (κ1) is 23.4. The first-order valence-corrected chi connectivity index (χ1v) is 8.34. The van der Waals surface area contributed by atoms with Crippen molar-refractivity contribution in [1.29, 1.82) is 0 Å². The first-order chi connectivity index (χ1) is 10.3. The van der Waals surface area contributed by atoms with Gasteiger partial charge in [-0.05, 0) is 31.2 Å². The zero-order valence-electron chi connectivity index (χ0n) is 13.6. The number of benzene rings is 1. The molecule has 0 atom stereocenters. The number of thiazole rings is 1. The third-order valence-corrected chi connectivity index (χ3v) is 4.50. The molecule has 1 aromatic heterocycles. The maximum atomic E-state index is 5.47. The summed E-state index contributed by atoms with van der Waals surface area (Å²) >= 11 is 1.72. The molecule has 1 N–H and O–H groups in total. The van der Waals surface area contributed by atoms with Gasteiger partial charge in [-0.3, -0.25) is 4.90 Å². The smallest absolute Gasteiger partial charge is 0.123 e. The van der Waals surface area contributed by atoms with E-state index in [2.05, 4.69) is 27.7 Å². The molecule has 1 aliphatic rings. The summed E-state index contributed by atoms with van der Waals surface area (Å²) in [6, 6.07) is 8.18. The van der Waals surface area contributed by atoms with Gasteiger partial charge >= 0.3 is 0 Å². The summed E-state index contributed by atoms with van der Waals surface area (Å²) in [7, 11) is 0. The minimum Gasteiger partial charge on any atom is -0.494 e. The van der Waals surface area contributed by atoms with E-state index in [0.717, 1.165) is 49.0 Å². The van der Waals surface area contributed by atoms with E-state index in [9.17, 15) is 0 Å². The number of rotatable bonds is 5. The van der Waals surface area contributed by atoms with Crippen LogP contribution >= 0.6 is 48.6 Å². The molecule has 0 amide bonds. The predicted molar refractivity (Wildman–Crippen MR) is 109 cm³/mol. The summed E-state index contributed by atoms with van der Waals surface area (Å²) in [5, 5.41) is 6.64. The third-order valence-electron chi connectivity index (χ3n) is 3.56. The zero-order valence-corrected chi connectivity index (χ0v) is 16.8. The molecule has 0 bridgehead atoms. The predicted octanol–water partition coefficient (Wildman–Crippen LogP) is 3.88. The van der Waals surface area contributed by atoms with Gasteiger partial charge in [0, 0.05) is 43.7 Å². The molecule has 8 heteroatoms. The van der Waals surface area contributed by atoms with Crippen LogP contribution in [0.5, 0.6) is 5.75 Å². The highest BCUT2D eigenvalue weighted by Gasteiger charge is 2.12. The summed E-state index contributed by atoms with van der Waals surface area (Å²) in [5.74, 6) is 0.916. The molecule has 0 aliphatic carbocycles. The van der Waals surface area contributed by atoms with E-state index in [1.54, 1.807) is 11.3 Å². The number of hydrogen-bond acceptors (Lipinski definition) is 5.